The molecule has 1 saturated heterocycles. The highest BCUT2D eigenvalue weighted by atomic mass is 35.5. The average molecular weight is 494 g/mol. The number of nitro groups is 1. The van der Waals surface area contributed by atoms with Crippen LogP contribution in [0.15, 0.2) is 53.3 Å². The molecule has 0 bridgehead atoms. The number of nitrogens with one attached hydrogen (secondary N) is 1. The highest BCUT2D eigenvalue weighted by Crippen LogP contribution is 2.28. The first kappa shape index (κ1) is 22.7. The fourth-order valence-electron chi connectivity index (χ4n) is 4.34. The lowest BCUT2D eigenvalue weighted by Crippen LogP contribution is -2.40. The van der Waals surface area contributed by atoms with Crippen molar-refractivity contribution in [1.29, 1.82) is 0 Å². The van der Waals surface area contributed by atoms with Crippen LogP contribution < -0.4 is 5.56 Å². The van der Waals surface area contributed by atoms with E-state index in [-0.39, 0.29) is 29.2 Å². The Kier molecular flexibility index (Phi) is 6.00. The highest BCUT2D eigenvalue weighted by Gasteiger charge is 2.30. The zero-order valence-electron chi connectivity index (χ0n) is 18.4. The molecule has 11 nitrogen and oxygen atoms in total. The summed E-state index contributed by atoms with van der Waals surface area (Å²) in [5, 5.41) is 20.0. The first-order valence-corrected chi connectivity index (χ1v) is 11.4. The molecule has 1 aliphatic rings. The first-order valence-electron chi connectivity index (χ1n) is 11.0. The van der Waals surface area contributed by atoms with E-state index in [1.165, 1.54) is 22.9 Å². The Morgan fingerprint density at radius 1 is 1.20 bits per heavy atom. The molecule has 1 N–H and O–H groups in total. The molecule has 0 aliphatic carbocycles. The Morgan fingerprint density at radius 2 is 1.97 bits per heavy atom. The Bertz CT molecular complexity index is 1500. The summed E-state index contributed by atoms with van der Waals surface area (Å²) in [6.45, 7) is 1.02. The van der Waals surface area contributed by atoms with Gasteiger partial charge in [0, 0.05) is 30.1 Å². The SMILES string of the molecule is O=C(c1ccccc1[N+](=O)[O-])N1CCC[C@H](c2nc3c(nnn3Cc3ccccc3Cl)c(=O)[nH]2)C1. The first-order chi connectivity index (χ1) is 16.9. The molecule has 1 amide bonds. The number of nitro benzene ring substituents is 1. The van der Waals surface area contributed by atoms with Gasteiger partial charge < -0.3 is 9.88 Å². The van der Waals surface area contributed by atoms with E-state index in [1.54, 1.807) is 17.0 Å². The van der Waals surface area contributed by atoms with Crippen molar-refractivity contribution >= 4 is 34.4 Å². The minimum Gasteiger partial charge on any atom is -0.338 e. The van der Waals surface area contributed by atoms with Gasteiger partial charge in [-0.05, 0) is 30.5 Å². The van der Waals surface area contributed by atoms with E-state index in [9.17, 15) is 19.7 Å². The average Bonchev–Trinajstić information content (AvgIpc) is 3.28. The summed E-state index contributed by atoms with van der Waals surface area (Å²) in [6.07, 6.45) is 1.36. The number of H-pyrrole nitrogens is 1. The van der Waals surface area contributed by atoms with Crippen molar-refractivity contribution in [1.82, 2.24) is 29.9 Å². The molecule has 4 aromatic rings. The van der Waals surface area contributed by atoms with Crippen molar-refractivity contribution in [3.8, 4) is 0 Å². The van der Waals surface area contributed by atoms with E-state index in [4.69, 9.17) is 11.6 Å². The smallest absolute Gasteiger partial charge is 0.282 e. The Hall–Kier alpha value is -4.12. The van der Waals surface area contributed by atoms with Crippen LogP contribution in [0.3, 0.4) is 0 Å². The van der Waals surface area contributed by atoms with Crippen molar-refractivity contribution in [3.63, 3.8) is 0 Å². The van der Waals surface area contributed by atoms with E-state index in [0.717, 1.165) is 5.56 Å². The van der Waals surface area contributed by atoms with Crippen LogP contribution in [0.2, 0.25) is 5.02 Å². The van der Waals surface area contributed by atoms with Crippen LogP contribution in [0.5, 0.6) is 0 Å². The van der Waals surface area contributed by atoms with Gasteiger partial charge in [-0.3, -0.25) is 19.7 Å². The van der Waals surface area contributed by atoms with Gasteiger partial charge in [-0.25, -0.2) is 9.67 Å². The number of aromatic amines is 1. The van der Waals surface area contributed by atoms with Crippen LogP contribution in [0.4, 0.5) is 5.69 Å². The third-order valence-electron chi connectivity index (χ3n) is 6.10. The van der Waals surface area contributed by atoms with Crippen molar-refractivity contribution in [2.75, 3.05) is 13.1 Å². The number of piperidine rings is 1. The van der Waals surface area contributed by atoms with E-state index >= 15 is 0 Å². The summed E-state index contributed by atoms with van der Waals surface area (Å²) in [5.41, 5.74) is 0.635. The zero-order valence-corrected chi connectivity index (χ0v) is 19.2. The summed E-state index contributed by atoms with van der Waals surface area (Å²) >= 11 is 6.27. The topological polar surface area (TPSA) is 140 Å². The number of hydrogen-bond acceptors (Lipinski definition) is 7. The number of benzene rings is 2. The quantitative estimate of drug-likeness (QED) is 0.332. The minimum absolute atomic E-state index is 0.0390. The maximum absolute atomic E-state index is 13.1. The fraction of sp³-hybridized carbons (Fsp3) is 0.261. The van der Waals surface area contributed by atoms with Gasteiger partial charge in [0.1, 0.15) is 11.4 Å². The van der Waals surface area contributed by atoms with Gasteiger partial charge in [-0.2, -0.15) is 0 Å². The Labute approximate surface area is 203 Å². The monoisotopic (exact) mass is 493 g/mol. The van der Waals surface area contributed by atoms with Gasteiger partial charge in [0.05, 0.1) is 11.5 Å². The molecule has 1 fully saturated rings. The normalized spacial score (nSPS) is 15.9. The number of nitrogens with zero attached hydrogens (tertiary/aromatic N) is 6. The number of likely N-dealkylation sites (tertiary alicyclic amines) is 1. The maximum atomic E-state index is 13.1. The molecule has 0 spiro atoms. The van der Waals surface area contributed by atoms with Crippen LogP contribution in [-0.2, 0) is 6.54 Å². The molecule has 178 valence electrons. The number of amides is 1. The lowest BCUT2D eigenvalue weighted by molar-refractivity contribution is -0.385. The number of halogens is 1. The molecule has 0 unspecified atom stereocenters. The molecule has 1 atom stereocenters. The van der Waals surface area contributed by atoms with Gasteiger partial charge in [-0.15, -0.1) is 5.10 Å². The van der Waals surface area contributed by atoms with Gasteiger partial charge >= 0.3 is 0 Å². The molecular formula is C23H20ClN7O4. The number of carbonyl (C=O) groups excluding carboxylic acids is 1. The molecule has 0 saturated carbocycles. The van der Waals surface area contributed by atoms with Crippen LogP contribution in [-0.4, -0.2) is 53.8 Å². The number of rotatable bonds is 5. The molecular weight excluding hydrogens is 474 g/mol. The van der Waals surface area contributed by atoms with E-state index < -0.39 is 16.4 Å². The van der Waals surface area contributed by atoms with Crippen molar-refractivity contribution in [2.24, 2.45) is 0 Å². The van der Waals surface area contributed by atoms with E-state index in [2.05, 4.69) is 20.3 Å². The highest BCUT2D eigenvalue weighted by molar-refractivity contribution is 6.31. The minimum atomic E-state index is -0.561. The summed E-state index contributed by atoms with van der Waals surface area (Å²) in [5.74, 6) is -0.252. The number of aromatic nitrogens is 5. The fourth-order valence-corrected chi connectivity index (χ4v) is 4.54. The molecule has 1 aliphatic heterocycles. The molecule has 2 aromatic heterocycles. The van der Waals surface area contributed by atoms with Crippen molar-refractivity contribution < 1.29 is 9.72 Å². The third kappa shape index (κ3) is 4.37. The second kappa shape index (κ2) is 9.26. The van der Waals surface area contributed by atoms with Crippen molar-refractivity contribution in [2.45, 2.75) is 25.3 Å². The molecule has 12 heteroatoms. The van der Waals surface area contributed by atoms with Crippen LogP contribution in [0.1, 0.15) is 40.5 Å². The van der Waals surface area contributed by atoms with Gasteiger partial charge in [0.25, 0.3) is 17.2 Å². The summed E-state index contributed by atoms with van der Waals surface area (Å²) in [6, 6.07) is 13.2. The standard InChI is InChI=1S/C23H20ClN7O4/c24-17-9-3-1-6-14(17)13-30-21-19(27-28-30)22(32)26-20(25-21)15-7-5-11-29(12-15)23(33)16-8-2-4-10-18(16)31(34)35/h1-4,6,8-10,15H,5,7,11-13H2,(H,25,26,32)/t15-/m0/s1. The van der Waals surface area contributed by atoms with Gasteiger partial charge in [0.15, 0.2) is 11.2 Å². The lowest BCUT2D eigenvalue weighted by Gasteiger charge is -2.32. The second-order valence-electron chi connectivity index (χ2n) is 8.33. The Morgan fingerprint density at radius 3 is 2.77 bits per heavy atom. The van der Waals surface area contributed by atoms with Crippen LogP contribution in [0, 0.1) is 10.1 Å². The van der Waals surface area contributed by atoms with E-state index in [1.807, 2.05) is 18.2 Å². The summed E-state index contributed by atoms with van der Waals surface area (Å²) in [7, 11) is 0. The van der Waals surface area contributed by atoms with E-state index in [0.29, 0.717) is 42.4 Å². The maximum Gasteiger partial charge on any atom is 0.282 e. The summed E-state index contributed by atoms with van der Waals surface area (Å²) < 4.78 is 1.52. The van der Waals surface area contributed by atoms with Crippen LogP contribution in [0.25, 0.3) is 11.2 Å². The number of hydrogen-bond donors (Lipinski definition) is 1. The third-order valence-corrected chi connectivity index (χ3v) is 6.47. The predicted octanol–water partition coefficient (Wildman–Crippen LogP) is 3.14. The van der Waals surface area contributed by atoms with Crippen molar-refractivity contribution in [3.05, 3.63) is 91.0 Å². The number of carbonyl (C=O) groups is 1. The molecule has 5 rings (SSSR count). The largest absolute Gasteiger partial charge is 0.338 e. The zero-order chi connectivity index (χ0) is 24.5. The van der Waals surface area contributed by atoms with Gasteiger partial charge in [-0.1, -0.05) is 47.1 Å². The molecule has 35 heavy (non-hydrogen) atoms. The number of fused-ring (bicyclic) bond motifs is 1. The Balaban J connectivity index is 1.44. The van der Waals surface area contributed by atoms with Gasteiger partial charge in [0.2, 0.25) is 0 Å². The molecule has 2 aromatic carbocycles. The molecule has 0 radical (unpaired) electrons. The lowest BCUT2D eigenvalue weighted by atomic mass is 9.96. The van der Waals surface area contributed by atoms with Crippen LogP contribution >= 0.6 is 11.6 Å². The summed E-state index contributed by atoms with van der Waals surface area (Å²) in [4.78, 5) is 45.7. The molecule has 3 heterocycles. The second-order valence-corrected chi connectivity index (χ2v) is 8.73. The predicted molar refractivity (Wildman–Crippen MR) is 127 cm³/mol. The number of para-hydroxylation sites is 1.